The highest BCUT2D eigenvalue weighted by atomic mass is 16.6. The van der Waals surface area contributed by atoms with Crippen molar-refractivity contribution in [2.75, 3.05) is 19.7 Å². The Morgan fingerprint density at radius 1 is 1.00 bits per heavy atom. The van der Waals surface area contributed by atoms with Gasteiger partial charge in [-0.2, -0.15) is 0 Å². The number of benzene rings is 2. The quantitative estimate of drug-likeness (QED) is 0.440. The highest BCUT2D eigenvalue weighted by Gasteiger charge is 2.46. The standard InChI is InChI=1S/C30H40N2O7/c1-22(37-18-23-12-7-5-8-13-23)25(26(34)38-19-24-14-9-6-10-15-24)31-27(35)30(21-33)16-11-17-32(20-30)28(36)39-29(2,3)4/h5-10,12-15,22,25,33H,11,16-21H2,1-4H3,(H,31,35)/t22-,25+,30?/m1/s1. The lowest BCUT2D eigenvalue weighted by Gasteiger charge is -2.41. The molecule has 2 aromatic carbocycles. The molecule has 1 aliphatic rings. The number of hydrogen-bond acceptors (Lipinski definition) is 7. The molecule has 0 bridgehead atoms. The van der Waals surface area contributed by atoms with Crippen molar-refractivity contribution in [2.24, 2.45) is 5.41 Å². The van der Waals surface area contributed by atoms with E-state index in [0.717, 1.165) is 11.1 Å². The van der Waals surface area contributed by atoms with Crippen molar-refractivity contribution in [1.82, 2.24) is 10.2 Å². The first-order valence-electron chi connectivity index (χ1n) is 13.3. The summed E-state index contributed by atoms with van der Waals surface area (Å²) in [5.74, 6) is -1.20. The third kappa shape index (κ3) is 8.80. The maximum Gasteiger partial charge on any atom is 0.410 e. The van der Waals surface area contributed by atoms with Crippen molar-refractivity contribution in [3.63, 3.8) is 0 Å². The molecule has 212 valence electrons. The van der Waals surface area contributed by atoms with Crippen LogP contribution in [0.5, 0.6) is 0 Å². The van der Waals surface area contributed by atoms with E-state index in [1.165, 1.54) is 4.90 Å². The van der Waals surface area contributed by atoms with Gasteiger partial charge in [-0.25, -0.2) is 9.59 Å². The second-order valence-electron chi connectivity index (χ2n) is 11.0. The summed E-state index contributed by atoms with van der Waals surface area (Å²) in [4.78, 5) is 41.1. The van der Waals surface area contributed by atoms with Gasteiger partial charge in [0.25, 0.3) is 0 Å². The fourth-order valence-corrected chi connectivity index (χ4v) is 4.38. The molecule has 1 saturated heterocycles. The van der Waals surface area contributed by atoms with Crippen molar-refractivity contribution in [1.29, 1.82) is 0 Å². The van der Waals surface area contributed by atoms with Gasteiger partial charge >= 0.3 is 12.1 Å². The molecule has 0 radical (unpaired) electrons. The van der Waals surface area contributed by atoms with E-state index in [1.54, 1.807) is 27.7 Å². The third-order valence-electron chi connectivity index (χ3n) is 6.60. The SMILES string of the molecule is C[C@@H](OCc1ccccc1)[C@H](NC(=O)C1(CO)CCCN(C(=O)OC(C)(C)C)C1)C(=O)OCc1ccccc1. The molecule has 3 atom stereocenters. The topological polar surface area (TPSA) is 114 Å². The molecule has 0 spiro atoms. The van der Waals surface area contributed by atoms with E-state index in [-0.39, 0.29) is 19.8 Å². The number of piperidine rings is 1. The molecule has 0 aliphatic carbocycles. The summed E-state index contributed by atoms with van der Waals surface area (Å²) < 4.78 is 17.0. The Morgan fingerprint density at radius 3 is 2.15 bits per heavy atom. The number of rotatable bonds is 10. The van der Waals surface area contributed by atoms with Gasteiger partial charge in [-0.05, 0) is 51.7 Å². The zero-order chi connectivity index (χ0) is 28.5. The average molecular weight is 541 g/mol. The average Bonchev–Trinajstić information content (AvgIpc) is 2.93. The van der Waals surface area contributed by atoms with E-state index < -0.39 is 47.7 Å². The lowest BCUT2D eigenvalue weighted by Crippen LogP contribution is -2.60. The molecule has 1 aliphatic heterocycles. The van der Waals surface area contributed by atoms with Gasteiger partial charge in [0, 0.05) is 13.1 Å². The first-order chi connectivity index (χ1) is 18.5. The number of amides is 2. The van der Waals surface area contributed by atoms with Gasteiger partial charge in [-0.3, -0.25) is 4.79 Å². The minimum Gasteiger partial charge on any atom is -0.459 e. The minimum atomic E-state index is -1.30. The van der Waals surface area contributed by atoms with E-state index in [4.69, 9.17) is 14.2 Å². The first kappa shape index (κ1) is 30.1. The van der Waals surface area contributed by atoms with Crippen molar-refractivity contribution in [2.45, 2.75) is 71.5 Å². The Balaban J connectivity index is 1.75. The van der Waals surface area contributed by atoms with Crippen LogP contribution < -0.4 is 5.32 Å². The Kier molecular flexibility index (Phi) is 10.5. The lowest BCUT2D eigenvalue weighted by molar-refractivity contribution is -0.156. The molecule has 1 heterocycles. The molecular weight excluding hydrogens is 500 g/mol. The minimum absolute atomic E-state index is 0.0325. The predicted octanol–water partition coefficient (Wildman–Crippen LogP) is 3.83. The number of ether oxygens (including phenoxy) is 3. The number of esters is 1. The van der Waals surface area contributed by atoms with Crippen LogP contribution in [0.25, 0.3) is 0 Å². The predicted molar refractivity (Wildman–Crippen MR) is 145 cm³/mol. The van der Waals surface area contributed by atoms with Crippen LogP contribution in [-0.2, 0) is 37.0 Å². The Bertz CT molecular complexity index is 1090. The largest absolute Gasteiger partial charge is 0.459 e. The molecule has 2 aromatic rings. The van der Waals surface area contributed by atoms with Crippen molar-refractivity contribution >= 4 is 18.0 Å². The maximum absolute atomic E-state index is 13.7. The zero-order valence-corrected chi connectivity index (χ0v) is 23.2. The van der Waals surface area contributed by atoms with E-state index >= 15 is 0 Å². The van der Waals surface area contributed by atoms with Gasteiger partial charge < -0.3 is 29.5 Å². The van der Waals surface area contributed by atoms with E-state index in [0.29, 0.717) is 19.4 Å². The van der Waals surface area contributed by atoms with Gasteiger partial charge in [0.1, 0.15) is 12.2 Å². The summed E-state index contributed by atoms with van der Waals surface area (Å²) in [6, 6.07) is 17.6. The number of aliphatic hydroxyl groups excluding tert-OH is 1. The molecule has 1 fully saturated rings. The summed E-state index contributed by atoms with van der Waals surface area (Å²) in [6.45, 7) is 7.14. The number of nitrogens with one attached hydrogen (secondary N) is 1. The molecule has 1 unspecified atom stereocenters. The van der Waals surface area contributed by atoms with Crippen LogP contribution in [0.1, 0.15) is 51.7 Å². The fourth-order valence-electron chi connectivity index (χ4n) is 4.38. The maximum atomic E-state index is 13.7. The Morgan fingerprint density at radius 2 is 1.59 bits per heavy atom. The number of carbonyl (C=O) groups excluding carboxylic acids is 3. The summed E-state index contributed by atoms with van der Waals surface area (Å²) in [5, 5.41) is 13.1. The smallest absolute Gasteiger partial charge is 0.410 e. The molecule has 39 heavy (non-hydrogen) atoms. The van der Waals surface area contributed by atoms with E-state index in [9.17, 15) is 19.5 Å². The van der Waals surface area contributed by atoms with Crippen LogP contribution in [0.15, 0.2) is 60.7 Å². The molecule has 3 rings (SSSR count). The lowest BCUT2D eigenvalue weighted by atomic mass is 9.79. The Hall–Kier alpha value is -3.43. The molecule has 0 aromatic heterocycles. The van der Waals surface area contributed by atoms with Gasteiger partial charge in [0.15, 0.2) is 6.04 Å². The van der Waals surface area contributed by atoms with Crippen LogP contribution in [0.4, 0.5) is 4.79 Å². The van der Waals surface area contributed by atoms with E-state index in [1.807, 2.05) is 60.7 Å². The molecule has 9 nitrogen and oxygen atoms in total. The van der Waals surface area contributed by atoms with Crippen molar-refractivity contribution in [3.8, 4) is 0 Å². The van der Waals surface area contributed by atoms with Crippen molar-refractivity contribution < 1.29 is 33.7 Å². The molecule has 2 N–H and O–H groups in total. The van der Waals surface area contributed by atoms with Crippen LogP contribution in [0.3, 0.4) is 0 Å². The second kappa shape index (κ2) is 13.6. The molecule has 0 saturated carbocycles. The number of carbonyl (C=O) groups is 3. The van der Waals surface area contributed by atoms with Crippen LogP contribution in [0, 0.1) is 5.41 Å². The summed E-state index contributed by atoms with van der Waals surface area (Å²) >= 11 is 0. The van der Waals surface area contributed by atoms with Crippen LogP contribution >= 0.6 is 0 Å². The number of hydrogen-bond donors (Lipinski definition) is 2. The summed E-state index contributed by atoms with van der Waals surface area (Å²) in [6.07, 6.45) is -0.444. The monoisotopic (exact) mass is 540 g/mol. The van der Waals surface area contributed by atoms with Crippen molar-refractivity contribution in [3.05, 3.63) is 71.8 Å². The summed E-state index contributed by atoms with van der Waals surface area (Å²) in [7, 11) is 0. The second-order valence-corrected chi connectivity index (χ2v) is 11.0. The van der Waals surface area contributed by atoms with Gasteiger partial charge in [0.05, 0.1) is 24.7 Å². The highest BCUT2D eigenvalue weighted by molar-refractivity contribution is 5.89. The Labute approximate surface area is 230 Å². The first-order valence-corrected chi connectivity index (χ1v) is 13.3. The summed E-state index contributed by atoms with van der Waals surface area (Å²) in [5.41, 5.74) is -0.274. The van der Waals surface area contributed by atoms with E-state index in [2.05, 4.69) is 5.32 Å². The number of nitrogens with zero attached hydrogens (tertiary/aromatic N) is 1. The van der Waals surface area contributed by atoms with Gasteiger partial charge in [-0.1, -0.05) is 60.7 Å². The molecular formula is C30H40N2O7. The normalized spacial score (nSPS) is 19.1. The van der Waals surface area contributed by atoms with Gasteiger partial charge in [0.2, 0.25) is 5.91 Å². The van der Waals surface area contributed by atoms with Crippen LogP contribution in [0.2, 0.25) is 0 Å². The zero-order valence-electron chi connectivity index (χ0n) is 23.2. The molecule has 2 amide bonds. The number of aliphatic hydroxyl groups is 1. The highest BCUT2D eigenvalue weighted by Crippen LogP contribution is 2.31. The third-order valence-corrected chi connectivity index (χ3v) is 6.60. The fraction of sp³-hybridized carbons (Fsp3) is 0.500. The number of likely N-dealkylation sites (tertiary alicyclic amines) is 1. The van der Waals surface area contributed by atoms with Crippen LogP contribution in [-0.4, -0.2) is 65.4 Å². The molecule has 9 heteroatoms. The van der Waals surface area contributed by atoms with Gasteiger partial charge in [-0.15, -0.1) is 0 Å².